The van der Waals surface area contributed by atoms with E-state index in [0.29, 0.717) is 43.7 Å². The molecule has 0 unspecified atom stereocenters. The van der Waals surface area contributed by atoms with Gasteiger partial charge in [0.1, 0.15) is 11.6 Å². The van der Waals surface area contributed by atoms with E-state index >= 15 is 0 Å². The summed E-state index contributed by atoms with van der Waals surface area (Å²) >= 11 is 0. The summed E-state index contributed by atoms with van der Waals surface area (Å²) in [5, 5.41) is 2.85. The molecular weight excluding hydrogens is 347 g/mol. The van der Waals surface area contributed by atoms with Gasteiger partial charge in [-0.1, -0.05) is 12.1 Å². The molecule has 2 aromatic carbocycles. The Hall–Kier alpha value is -2.89. The highest BCUT2D eigenvalue weighted by Crippen LogP contribution is 2.11. The monoisotopic (exact) mass is 372 g/mol. The molecule has 0 saturated heterocycles. The predicted molar refractivity (Wildman–Crippen MR) is 102 cm³/mol. The number of amides is 2. The van der Waals surface area contributed by atoms with Gasteiger partial charge in [-0.2, -0.15) is 0 Å². The Morgan fingerprint density at radius 2 is 1.70 bits per heavy atom. The normalized spacial score (nSPS) is 10.3. The number of nitrogens with zero attached hydrogens (tertiary/aromatic N) is 1. The van der Waals surface area contributed by atoms with Crippen LogP contribution in [0.3, 0.4) is 0 Å². The predicted octanol–water partition coefficient (Wildman–Crippen LogP) is 3.05. The van der Waals surface area contributed by atoms with E-state index in [9.17, 15) is 14.0 Å². The molecule has 0 heterocycles. The number of nitrogens with one attached hydrogen (secondary N) is 1. The lowest BCUT2D eigenvalue weighted by atomic mass is 10.1. The molecule has 144 valence electrons. The Morgan fingerprint density at radius 3 is 2.33 bits per heavy atom. The molecule has 0 aliphatic heterocycles. The summed E-state index contributed by atoms with van der Waals surface area (Å²) in [5.41, 5.74) is 1.65. The maximum atomic E-state index is 12.8. The van der Waals surface area contributed by atoms with Crippen molar-refractivity contribution < 1.29 is 18.7 Å². The lowest BCUT2D eigenvalue weighted by Crippen LogP contribution is -2.25. The second kappa shape index (κ2) is 10.3. The molecule has 27 heavy (non-hydrogen) atoms. The van der Waals surface area contributed by atoms with Gasteiger partial charge in [0.15, 0.2) is 0 Å². The molecule has 5 nitrogen and oxygen atoms in total. The lowest BCUT2D eigenvalue weighted by molar-refractivity contribution is -0.121. The van der Waals surface area contributed by atoms with Gasteiger partial charge in [-0.05, 0) is 54.8 Å². The number of hydrogen-bond donors (Lipinski definition) is 1. The van der Waals surface area contributed by atoms with E-state index < -0.39 is 0 Å². The van der Waals surface area contributed by atoms with Crippen molar-refractivity contribution in [2.24, 2.45) is 0 Å². The fraction of sp³-hybridized carbons (Fsp3) is 0.333. The zero-order valence-corrected chi connectivity index (χ0v) is 15.7. The van der Waals surface area contributed by atoms with Crippen molar-refractivity contribution in [2.45, 2.75) is 19.3 Å². The van der Waals surface area contributed by atoms with Crippen LogP contribution in [0.2, 0.25) is 0 Å². The van der Waals surface area contributed by atoms with E-state index in [1.54, 1.807) is 38.4 Å². The van der Waals surface area contributed by atoms with Crippen molar-refractivity contribution in [1.29, 1.82) is 0 Å². The van der Waals surface area contributed by atoms with E-state index in [1.165, 1.54) is 17.0 Å². The molecule has 0 aliphatic carbocycles. The Labute approximate surface area is 159 Å². The summed E-state index contributed by atoms with van der Waals surface area (Å²) in [5.74, 6) is 0.250. The van der Waals surface area contributed by atoms with Crippen LogP contribution >= 0.6 is 0 Å². The second-order valence-corrected chi connectivity index (χ2v) is 6.40. The molecular formula is C21H25FN2O3. The van der Waals surface area contributed by atoms with Crippen LogP contribution in [-0.4, -0.2) is 44.0 Å². The van der Waals surface area contributed by atoms with Gasteiger partial charge in [0, 0.05) is 32.6 Å². The molecule has 0 aromatic heterocycles. The molecule has 0 saturated carbocycles. The minimum atomic E-state index is -0.298. The van der Waals surface area contributed by atoms with Crippen molar-refractivity contribution in [2.75, 3.05) is 27.2 Å². The molecule has 1 N–H and O–H groups in total. The fourth-order valence-corrected chi connectivity index (χ4v) is 2.44. The third kappa shape index (κ3) is 7.09. The van der Waals surface area contributed by atoms with E-state index in [0.717, 1.165) is 5.56 Å². The number of aryl methyl sites for hydroxylation is 1. The highest BCUT2D eigenvalue weighted by molar-refractivity contribution is 5.93. The first-order chi connectivity index (χ1) is 13.0. The molecule has 0 radical (unpaired) electrons. The summed E-state index contributed by atoms with van der Waals surface area (Å²) in [4.78, 5) is 25.3. The summed E-state index contributed by atoms with van der Waals surface area (Å²) < 4.78 is 18.3. The fourth-order valence-electron chi connectivity index (χ4n) is 2.44. The van der Waals surface area contributed by atoms with Crippen molar-refractivity contribution >= 4 is 11.8 Å². The average molecular weight is 372 g/mol. The minimum absolute atomic E-state index is 0.0229. The van der Waals surface area contributed by atoms with Crippen molar-refractivity contribution in [1.82, 2.24) is 10.2 Å². The number of hydrogen-bond acceptors (Lipinski definition) is 3. The van der Waals surface area contributed by atoms with Crippen LogP contribution in [0.25, 0.3) is 0 Å². The zero-order chi connectivity index (χ0) is 19.6. The molecule has 0 fully saturated rings. The van der Waals surface area contributed by atoms with Crippen molar-refractivity contribution in [3.05, 3.63) is 65.5 Å². The van der Waals surface area contributed by atoms with Crippen LogP contribution in [0.1, 0.15) is 28.8 Å². The van der Waals surface area contributed by atoms with E-state index in [2.05, 4.69) is 5.32 Å². The van der Waals surface area contributed by atoms with Crippen LogP contribution in [0.15, 0.2) is 48.5 Å². The zero-order valence-electron chi connectivity index (χ0n) is 15.7. The first-order valence-electron chi connectivity index (χ1n) is 8.91. The number of ether oxygens (including phenoxy) is 1. The molecule has 6 heteroatoms. The standard InChI is InChI=1S/C21H25FN2O3/c1-24(2)21(26)17-7-4-16(5-8-17)6-13-20(25)23-14-3-15-27-19-11-9-18(22)10-12-19/h4-5,7-12H,3,6,13-15H2,1-2H3,(H,23,25). The van der Waals surface area contributed by atoms with Crippen molar-refractivity contribution in [3.8, 4) is 5.75 Å². The van der Waals surface area contributed by atoms with Crippen LogP contribution in [0.5, 0.6) is 5.75 Å². The van der Waals surface area contributed by atoms with Gasteiger partial charge >= 0.3 is 0 Å². The molecule has 2 aromatic rings. The van der Waals surface area contributed by atoms with Gasteiger partial charge in [0.05, 0.1) is 6.61 Å². The SMILES string of the molecule is CN(C)C(=O)c1ccc(CCC(=O)NCCCOc2ccc(F)cc2)cc1. The maximum Gasteiger partial charge on any atom is 0.253 e. The van der Waals surface area contributed by atoms with Crippen LogP contribution in [-0.2, 0) is 11.2 Å². The molecule has 0 aliphatic rings. The molecule has 0 bridgehead atoms. The van der Waals surface area contributed by atoms with E-state index in [4.69, 9.17) is 4.74 Å². The quantitative estimate of drug-likeness (QED) is 0.689. The first kappa shape index (κ1) is 20.4. The van der Waals surface area contributed by atoms with Gasteiger partial charge in [-0.25, -0.2) is 4.39 Å². The average Bonchev–Trinajstić information content (AvgIpc) is 2.67. The molecule has 2 rings (SSSR count). The highest BCUT2D eigenvalue weighted by atomic mass is 19.1. The van der Waals surface area contributed by atoms with Gasteiger partial charge < -0.3 is 15.0 Å². The lowest BCUT2D eigenvalue weighted by Gasteiger charge is -2.10. The Bertz CT molecular complexity index is 743. The first-order valence-corrected chi connectivity index (χ1v) is 8.91. The summed E-state index contributed by atoms with van der Waals surface area (Å²) in [7, 11) is 3.43. The smallest absolute Gasteiger partial charge is 0.253 e. The molecule has 2 amide bonds. The topological polar surface area (TPSA) is 58.6 Å². The summed E-state index contributed by atoms with van der Waals surface area (Å²) in [6.07, 6.45) is 1.68. The Morgan fingerprint density at radius 1 is 1.04 bits per heavy atom. The number of carbonyl (C=O) groups excluding carboxylic acids is 2. The third-order valence-corrected chi connectivity index (χ3v) is 3.97. The number of benzene rings is 2. The maximum absolute atomic E-state index is 12.8. The van der Waals surface area contributed by atoms with Crippen LogP contribution in [0.4, 0.5) is 4.39 Å². The van der Waals surface area contributed by atoms with E-state index in [1.807, 2.05) is 12.1 Å². The van der Waals surface area contributed by atoms with E-state index in [-0.39, 0.29) is 17.6 Å². The largest absolute Gasteiger partial charge is 0.494 e. The van der Waals surface area contributed by atoms with Gasteiger partial charge in [0.2, 0.25) is 5.91 Å². The van der Waals surface area contributed by atoms with Crippen molar-refractivity contribution in [3.63, 3.8) is 0 Å². The molecule has 0 atom stereocenters. The highest BCUT2D eigenvalue weighted by Gasteiger charge is 2.08. The van der Waals surface area contributed by atoms with Crippen LogP contribution in [0, 0.1) is 5.82 Å². The second-order valence-electron chi connectivity index (χ2n) is 6.40. The molecule has 0 spiro atoms. The number of carbonyl (C=O) groups is 2. The number of rotatable bonds is 9. The van der Waals surface area contributed by atoms with Gasteiger partial charge in [0.25, 0.3) is 5.91 Å². The Kier molecular flexibility index (Phi) is 7.79. The van der Waals surface area contributed by atoms with Gasteiger partial charge in [-0.15, -0.1) is 0 Å². The van der Waals surface area contributed by atoms with Gasteiger partial charge in [-0.3, -0.25) is 9.59 Å². The Balaban J connectivity index is 1.61. The number of halogens is 1. The third-order valence-electron chi connectivity index (χ3n) is 3.97. The minimum Gasteiger partial charge on any atom is -0.494 e. The summed E-state index contributed by atoms with van der Waals surface area (Å²) in [6, 6.07) is 13.2. The van der Waals surface area contributed by atoms with Crippen LogP contribution < -0.4 is 10.1 Å². The summed E-state index contributed by atoms with van der Waals surface area (Å²) in [6.45, 7) is 0.976.